The van der Waals surface area contributed by atoms with Crippen LogP contribution in [-0.2, 0) is 16.1 Å². The number of likely N-dealkylation sites (tertiary alicyclic amines) is 1. The molecular formula is C22H17N3O3. The Bertz CT molecular complexity index is 1030. The van der Waals surface area contributed by atoms with Gasteiger partial charge in [-0.25, -0.2) is 0 Å². The topological polar surface area (TPSA) is 83.4 Å². The van der Waals surface area contributed by atoms with Gasteiger partial charge in [0.15, 0.2) is 0 Å². The van der Waals surface area contributed by atoms with E-state index in [-0.39, 0.29) is 17.9 Å². The van der Waals surface area contributed by atoms with Crippen LogP contribution in [0.1, 0.15) is 22.9 Å². The number of pyridine rings is 2. The summed E-state index contributed by atoms with van der Waals surface area (Å²) in [6, 6.07) is 16.8. The van der Waals surface area contributed by atoms with Gasteiger partial charge < -0.3 is 10.0 Å². The van der Waals surface area contributed by atoms with E-state index in [4.69, 9.17) is 0 Å². The first-order valence-electron chi connectivity index (χ1n) is 8.80. The number of benzene rings is 1. The SMILES string of the molecule is O=C1C(=O)N(Cc2cccnc2)[C@H](c2ccccn2)/C1=C(\O)c1ccccc1. The summed E-state index contributed by atoms with van der Waals surface area (Å²) in [7, 11) is 0. The van der Waals surface area contributed by atoms with Crippen LogP contribution in [0.25, 0.3) is 5.76 Å². The zero-order chi connectivity index (χ0) is 19.5. The maximum absolute atomic E-state index is 12.9. The van der Waals surface area contributed by atoms with Crippen molar-refractivity contribution < 1.29 is 14.7 Å². The highest BCUT2D eigenvalue weighted by molar-refractivity contribution is 6.46. The van der Waals surface area contributed by atoms with E-state index in [1.54, 1.807) is 67.1 Å². The molecule has 0 saturated carbocycles. The Morgan fingerprint density at radius 1 is 0.964 bits per heavy atom. The Morgan fingerprint density at radius 2 is 1.75 bits per heavy atom. The number of aromatic nitrogens is 2. The molecule has 6 nitrogen and oxygen atoms in total. The zero-order valence-corrected chi connectivity index (χ0v) is 14.9. The van der Waals surface area contributed by atoms with Crippen molar-refractivity contribution >= 4 is 17.4 Å². The summed E-state index contributed by atoms with van der Waals surface area (Å²) in [5, 5.41) is 10.9. The third-order valence-electron chi connectivity index (χ3n) is 4.63. The molecule has 1 amide bonds. The van der Waals surface area contributed by atoms with E-state index in [0.29, 0.717) is 11.3 Å². The highest BCUT2D eigenvalue weighted by Crippen LogP contribution is 2.39. The third kappa shape index (κ3) is 3.16. The Labute approximate surface area is 161 Å². The predicted molar refractivity (Wildman–Crippen MR) is 103 cm³/mol. The van der Waals surface area contributed by atoms with E-state index < -0.39 is 17.7 Å². The lowest BCUT2D eigenvalue weighted by molar-refractivity contribution is -0.140. The highest BCUT2D eigenvalue weighted by Gasteiger charge is 2.46. The Hall–Kier alpha value is -3.80. The lowest BCUT2D eigenvalue weighted by Gasteiger charge is -2.24. The van der Waals surface area contributed by atoms with Crippen LogP contribution in [0.5, 0.6) is 0 Å². The number of carbonyl (C=O) groups excluding carboxylic acids is 2. The molecule has 1 atom stereocenters. The fourth-order valence-electron chi connectivity index (χ4n) is 3.33. The molecule has 1 aliphatic rings. The van der Waals surface area contributed by atoms with Crippen LogP contribution in [0, 0.1) is 0 Å². The van der Waals surface area contributed by atoms with Gasteiger partial charge in [0, 0.05) is 30.7 Å². The lowest BCUT2D eigenvalue weighted by Crippen LogP contribution is -2.29. The first-order valence-corrected chi connectivity index (χ1v) is 8.80. The van der Waals surface area contributed by atoms with Crippen molar-refractivity contribution in [3.8, 4) is 0 Å². The van der Waals surface area contributed by atoms with Crippen LogP contribution in [0.3, 0.4) is 0 Å². The van der Waals surface area contributed by atoms with Gasteiger partial charge in [-0.15, -0.1) is 0 Å². The molecule has 28 heavy (non-hydrogen) atoms. The number of carbonyl (C=O) groups is 2. The molecule has 0 aliphatic carbocycles. The van der Waals surface area contributed by atoms with Crippen molar-refractivity contribution in [1.82, 2.24) is 14.9 Å². The molecule has 138 valence electrons. The molecule has 4 rings (SSSR count). The first-order chi connectivity index (χ1) is 13.7. The maximum atomic E-state index is 12.9. The van der Waals surface area contributed by atoms with Gasteiger partial charge in [-0.1, -0.05) is 42.5 Å². The summed E-state index contributed by atoms with van der Waals surface area (Å²) in [5.74, 6) is -1.60. The average Bonchev–Trinajstić information content (AvgIpc) is 3.00. The molecule has 3 aromatic rings. The van der Waals surface area contributed by atoms with Crippen molar-refractivity contribution in [3.63, 3.8) is 0 Å². The number of rotatable bonds is 4. The largest absolute Gasteiger partial charge is 0.507 e. The first kappa shape index (κ1) is 17.6. The molecule has 0 radical (unpaired) electrons. The molecule has 1 saturated heterocycles. The van der Waals surface area contributed by atoms with Crippen LogP contribution in [-0.4, -0.2) is 31.7 Å². The highest BCUT2D eigenvalue weighted by atomic mass is 16.3. The molecule has 1 aliphatic heterocycles. The number of hydrogen-bond acceptors (Lipinski definition) is 5. The number of aliphatic hydroxyl groups is 1. The van der Waals surface area contributed by atoms with Gasteiger partial charge in [-0.2, -0.15) is 0 Å². The van der Waals surface area contributed by atoms with Gasteiger partial charge in [0.25, 0.3) is 11.7 Å². The van der Waals surface area contributed by atoms with Crippen molar-refractivity contribution in [2.45, 2.75) is 12.6 Å². The summed E-state index contributed by atoms with van der Waals surface area (Å²) < 4.78 is 0. The number of aliphatic hydroxyl groups excluding tert-OH is 1. The van der Waals surface area contributed by atoms with Crippen molar-refractivity contribution in [2.24, 2.45) is 0 Å². The minimum absolute atomic E-state index is 0.0405. The van der Waals surface area contributed by atoms with Gasteiger partial charge in [0.2, 0.25) is 0 Å². The average molecular weight is 371 g/mol. The number of hydrogen-bond donors (Lipinski definition) is 1. The normalized spacial score (nSPS) is 18.4. The predicted octanol–water partition coefficient (Wildman–Crippen LogP) is 3.10. The fourth-order valence-corrected chi connectivity index (χ4v) is 3.33. The number of nitrogens with zero attached hydrogens (tertiary/aromatic N) is 3. The standard InChI is InChI=1S/C22H17N3O3/c26-20(16-8-2-1-3-9-16)18-19(17-10-4-5-12-24-17)25(22(28)21(18)27)14-15-7-6-11-23-13-15/h1-13,19,26H,14H2/b20-18+/t19-/m1/s1. The summed E-state index contributed by atoms with van der Waals surface area (Å²) >= 11 is 0. The Morgan fingerprint density at radius 3 is 2.43 bits per heavy atom. The summed E-state index contributed by atoms with van der Waals surface area (Å²) in [6.07, 6.45) is 4.89. The van der Waals surface area contributed by atoms with Crippen LogP contribution < -0.4 is 0 Å². The maximum Gasteiger partial charge on any atom is 0.296 e. The molecule has 0 spiro atoms. The molecule has 1 fully saturated rings. The molecule has 6 heteroatoms. The molecule has 0 unspecified atom stereocenters. The van der Waals surface area contributed by atoms with Gasteiger partial charge >= 0.3 is 0 Å². The van der Waals surface area contributed by atoms with E-state index in [1.165, 1.54) is 4.90 Å². The van der Waals surface area contributed by atoms with E-state index in [9.17, 15) is 14.7 Å². The van der Waals surface area contributed by atoms with Crippen LogP contribution in [0.4, 0.5) is 0 Å². The van der Waals surface area contributed by atoms with Crippen LogP contribution >= 0.6 is 0 Å². The molecular weight excluding hydrogens is 354 g/mol. The van der Waals surface area contributed by atoms with Crippen molar-refractivity contribution in [1.29, 1.82) is 0 Å². The molecule has 3 heterocycles. The van der Waals surface area contributed by atoms with Crippen LogP contribution in [0.15, 0.2) is 84.8 Å². The van der Waals surface area contributed by atoms with E-state index >= 15 is 0 Å². The lowest BCUT2D eigenvalue weighted by atomic mass is 9.98. The monoisotopic (exact) mass is 371 g/mol. The summed E-state index contributed by atoms with van der Waals surface area (Å²) in [4.78, 5) is 35.5. The van der Waals surface area contributed by atoms with Gasteiger partial charge in [0.05, 0.1) is 11.3 Å². The molecule has 2 aromatic heterocycles. The molecule has 1 aromatic carbocycles. The second-order valence-electron chi connectivity index (χ2n) is 6.41. The number of Topliss-reactive ketones (excluding diaryl/α,β-unsaturated/α-hetero) is 1. The second-order valence-corrected chi connectivity index (χ2v) is 6.41. The van der Waals surface area contributed by atoms with Crippen molar-refractivity contribution in [3.05, 3.63) is 102 Å². The Kier molecular flexibility index (Phi) is 4.68. The van der Waals surface area contributed by atoms with Crippen LogP contribution in [0.2, 0.25) is 0 Å². The minimum atomic E-state index is -0.776. The Balaban J connectivity index is 1.85. The minimum Gasteiger partial charge on any atom is -0.507 e. The quantitative estimate of drug-likeness (QED) is 0.433. The van der Waals surface area contributed by atoms with E-state index in [2.05, 4.69) is 9.97 Å². The molecule has 1 N–H and O–H groups in total. The van der Waals surface area contributed by atoms with Gasteiger partial charge in [-0.3, -0.25) is 19.6 Å². The summed E-state index contributed by atoms with van der Waals surface area (Å²) in [6.45, 7) is 0.186. The second kappa shape index (κ2) is 7.44. The van der Waals surface area contributed by atoms with Gasteiger partial charge in [-0.05, 0) is 23.8 Å². The number of amides is 1. The summed E-state index contributed by atoms with van der Waals surface area (Å²) in [5.41, 5.74) is 1.81. The van der Waals surface area contributed by atoms with E-state index in [0.717, 1.165) is 5.56 Å². The number of ketones is 1. The smallest absolute Gasteiger partial charge is 0.296 e. The van der Waals surface area contributed by atoms with Gasteiger partial charge in [0.1, 0.15) is 11.8 Å². The molecule has 0 bridgehead atoms. The van der Waals surface area contributed by atoms with E-state index in [1.807, 2.05) is 12.1 Å². The zero-order valence-electron chi connectivity index (χ0n) is 14.9. The third-order valence-corrected chi connectivity index (χ3v) is 4.63. The van der Waals surface area contributed by atoms with Crippen molar-refractivity contribution in [2.75, 3.05) is 0 Å². The fraction of sp³-hybridized carbons (Fsp3) is 0.0909.